The Balaban J connectivity index is 2.00. The fourth-order valence-corrected chi connectivity index (χ4v) is 4.52. The number of rotatable bonds is 13. The molecule has 1 aromatic rings. The van der Waals surface area contributed by atoms with Gasteiger partial charge in [-0.05, 0) is 24.1 Å². The molecule has 0 saturated carbocycles. The van der Waals surface area contributed by atoms with Crippen molar-refractivity contribution in [1.29, 1.82) is 0 Å². The van der Waals surface area contributed by atoms with Gasteiger partial charge in [0.05, 0.1) is 17.6 Å². The summed E-state index contributed by atoms with van der Waals surface area (Å²) in [5.74, 6) is 0.439. The van der Waals surface area contributed by atoms with Crippen LogP contribution in [0.15, 0.2) is 29.2 Å². The molecule has 2 amide bonds. The molecule has 0 aromatic heterocycles. The van der Waals surface area contributed by atoms with Gasteiger partial charge in [-0.3, -0.25) is 14.5 Å². The van der Waals surface area contributed by atoms with Crippen LogP contribution in [0.3, 0.4) is 0 Å². The number of imide groups is 1. The molecule has 1 aromatic carbocycles. The molecule has 0 bridgehead atoms. The van der Waals surface area contributed by atoms with Gasteiger partial charge in [-0.1, -0.05) is 77.8 Å². The van der Waals surface area contributed by atoms with Crippen LogP contribution < -0.4 is 4.74 Å². The van der Waals surface area contributed by atoms with Crippen LogP contribution in [0, 0.1) is 0 Å². The van der Waals surface area contributed by atoms with E-state index in [0.717, 1.165) is 24.2 Å². The number of carbonyl (C=O) groups is 2. The molecule has 0 radical (unpaired) electrons. The highest BCUT2D eigenvalue weighted by molar-refractivity contribution is 8.04. The van der Waals surface area contributed by atoms with E-state index in [2.05, 4.69) is 6.92 Å². The van der Waals surface area contributed by atoms with Crippen molar-refractivity contribution in [3.05, 3.63) is 34.7 Å². The molecule has 1 heterocycles. The third-order valence-corrected chi connectivity index (χ3v) is 6.18. The molecule has 1 aliphatic rings. The Labute approximate surface area is 180 Å². The standard InChI is InChI=1S/C24H35NO3S/c1-5-6-7-8-9-10-11-12-17-25-23(26)21(22(24(25)27)29-18(2)3)19-13-15-20(28-4)16-14-19/h13-16,18H,5-12,17H2,1-4H3. The Morgan fingerprint density at radius 2 is 1.48 bits per heavy atom. The van der Waals surface area contributed by atoms with E-state index in [0.29, 0.717) is 17.0 Å². The summed E-state index contributed by atoms with van der Waals surface area (Å²) >= 11 is 1.48. The van der Waals surface area contributed by atoms with Crippen LogP contribution in [-0.2, 0) is 9.59 Å². The summed E-state index contributed by atoms with van der Waals surface area (Å²) < 4.78 is 5.22. The molecule has 4 nitrogen and oxygen atoms in total. The molecule has 0 N–H and O–H groups in total. The van der Waals surface area contributed by atoms with Crippen LogP contribution in [0.5, 0.6) is 5.75 Å². The predicted molar refractivity (Wildman–Crippen MR) is 122 cm³/mol. The number of hydrogen-bond donors (Lipinski definition) is 0. The second kappa shape index (κ2) is 12.1. The molecule has 0 atom stereocenters. The molecular weight excluding hydrogens is 382 g/mol. The van der Waals surface area contributed by atoms with Crippen molar-refractivity contribution in [2.45, 2.75) is 77.4 Å². The summed E-state index contributed by atoms with van der Waals surface area (Å²) in [6.45, 7) is 6.82. The van der Waals surface area contributed by atoms with Crippen LogP contribution in [0.2, 0.25) is 0 Å². The van der Waals surface area contributed by atoms with E-state index in [4.69, 9.17) is 4.74 Å². The van der Waals surface area contributed by atoms with Crippen molar-refractivity contribution in [3.8, 4) is 5.75 Å². The van der Waals surface area contributed by atoms with E-state index in [-0.39, 0.29) is 17.1 Å². The van der Waals surface area contributed by atoms with Crippen LogP contribution in [0.1, 0.15) is 77.7 Å². The number of benzene rings is 1. The van der Waals surface area contributed by atoms with Gasteiger partial charge >= 0.3 is 0 Å². The number of unbranched alkanes of at least 4 members (excludes halogenated alkanes) is 7. The lowest BCUT2D eigenvalue weighted by molar-refractivity contribution is -0.136. The summed E-state index contributed by atoms with van der Waals surface area (Å²) in [7, 11) is 1.62. The molecule has 0 unspecified atom stereocenters. The number of carbonyl (C=O) groups excluding carboxylic acids is 2. The highest BCUT2D eigenvalue weighted by atomic mass is 32.2. The van der Waals surface area contributed by atoms with E-state index < -0.39 is 0 Å². The first kappa shape index (κ1) is 23.5. The topological polar surface area (TPSA) is 46.6 Å². The van der Waals surface area contributed by atoms with E-state index in [9.17, 15) is 9.59 Å². The Hall–Kier alpha value is -1.75. The second-order valence-electron chi connectivity index (χ2n) is 7.84. The highest BCUT2D eigenvalue weighted by Gasteiger charge is 2.39. The maximum atomic E-state index is 13.1. The van der Waals surface area contributed by atoms with E-state index >= 15 is 0 Å². The quantitative estimate of drug-likeness (QED) is 0.289. The van der Waals surface area contributed by atoms with Gasteiger partial charge in [-0.15, -0.1) is 11.8 Å². The Bertz CT molecular complexity index is 709. The van der Waals surface area contributed by atoms with Gasteiger partial charge in [-0.25, -0.2) is 0 Å². The third kappa shape index (κ3) is 6.63. The Morgan fingerprint density at radius 3 is 2.03 bits per heavy atom. The first-order valence-corrected chi connectivity index (χ1v) is 11.8. The van der Waals surface area contributed by atoms with Gasteiger partial charge in [0.2, 0.25) is 0 Å². The fraction of sp³-hybridized carbons (Fsp3) is 0.583. The smallest absolute Gasteiger partial charge is 0.267 e. The van der Waals surface area contributed by atoms with E-state index in [1.165, 1.54) is 55.2 Å². The van der Waals surface area contributed by atoms with Crippen molar-refractivity contribution in [3.63, 3.8) is 0 Å². The molecule has 5 heteroatoms. The zero-order valence-corrected chi connectivity index (χ0v) is 19.1. The molecule has 0 spiro atoms. The zero-order valence-electron chi connectivity index (χ0n) is 18.3. The molecule has 0 aliphatic carbocycles. The van der Waals surface area contributed by atoms with Crippen LogP contribution >= 0.6 is 11.8 Å². The van der Waals surface area contributed by atoms with E-state index in [1.807, 2.05) is 38.1 Å². The maximum absolute atomic E-state index is 13.1. The summed E-state index contributed by atoms with van der Waals surface area (Å²) in [6.07, 6.45) is 9.52. The normalized spacial score (nSPS) is 14.4. The minimum absolute atomic E-state index is 0.137. The van der Waals surface area contributed by atoms with Gasteiger partial charge < -0.3 is 4.74 Å². The van der Waals surface area contributed by atoms with Gasteiger partial charge in [0.1, 0.15) is 5.75 Å². The van der Waals surface area contributed by atoms with Crippen molar-refractivity contribution >= 4 is 29.1 Å². The average Bonchev–Trinajstić information content (AvgIpc) is 2.93. The van der Waals surface area contributed by atoms with Gasteiger partial charge in [0, 0.05) is 11.8 Å². The van der Waals surface area contributed by atoms with Crippen LogP contribution in [-0.4, -0.2) is 35.6 Å². The number of thioether (sulfide) groups is 1. The zero-order chi connectivity index (χ0) is 21.2. The lowest BCUT2D eigenvalue weighted by atomic mass is 10.1. The summed E-state index contributed by atoms with van der Waals surface area (Å²) in [5.41, 5.74) is 1.32. The number of ether oxygens (including phenoxy) is 1. The maximum Gasteiger partial charge on any atom is 0.267 e. The monoisotopic (exact) mass is 417 g/mol. The van der Waals surface area contributed by atoms with E-state index in [1.54, 1.807) is 7.11 Å². The number of nitrogens with zero attached hydrogens (tertiary/aromatic N) is 1. The van der Waals surface area contributed by atoms with Crippen molar-refractivity contribution in [2.24, 2.45) is 0 Å². The summed E-state index contributed by atoms with van der Waals surface area (Å²) in [4.78, 5) is 28.1. The Kier molecular flexibility index (Phi) is 9.79. The number of amides is 2. The fourth-order valence-electron chi connectivity index (χ4n) is 3.52. The lowest BCUT2D eigenvalue weighted by Crippen LogP contribution is -2.32. The minimum atomic E-state index is -0.161. The predicted octanol–water partition coefficient (Wildman–Crippen LogP) is 6.06. The molecule has 160 valence electrons. The second-order valence-corrected chi connectivity index (χ2v) is 9.42. The molecule has 0 saturated heterocycles. The van der Waals surface area contributed by atoms with Gasteiger partial charge in [-0.2, -0.15) is 0 Å². The van der Waals surface area contributed by atoms with Gasteiger partial charge in [0.15, 0.2) is 0 Å². The lowest BCUT2D eigenvalue weighted by Gasteiger charge is -2.15. The first-order chi connectivity index (χ1) is 14.0. The average molecular weight is 418 g/mol. The first-order valence-electron chi connectivity index (χ1n) is 10.9. The SMILES string of the molecule is CCCCCCCCCCN1C(=O)C(SC(C)C)=C(c2ccc(OC)cc2)C1=O. The summed E-state index contributed by atoms with van der Waals surface area (Å²) in [5, 5.41) is 0.234. The molecule has 29 heavy (non-hydrogen) atoms. The number of hydrogen-bond acceptors (Lipinski definition) is 4. The van der Waals surface area contributed by atoms with Crippen LogP contribution in [0.4, 0.5) is 0 Å². The summed E-state index contributed by atoms with van der Waals surface area (Å²) in [6, 6.07) is 7.39. The van der Waals surface area contributed by atoms with Crippen molar-refractivity contribution in [2.75, 3.05) is 13.7 Å². The molecular formula is C24H35NO3S. The minimum Gasteiger partial charge on any atom is -0.497 e. The number of methoxy groups -OCH3 is 1. The molecule has 1 aliphatic heterocycles. The largest absolute Gasteiger partial charge is 0.497 e. The van der Waals surface area contributed by atoms with Gasteiger partial charge in [0.25, 0.3) is 11.8 Å². The van der Waals surface area contributed by atoms with Crippen LogP contribution in [0.25, 0.3) is 5.57 Å². The molecule has 0 fully saturated rings. The Morgan fingerprint density at radius 1 is 0.897 bits per heavy atom. The third-order valence-electron chi connectivity index (χ3n) is 5.09. The highest BCUT2D eigenvalue weighted by Crippen LogP contribution is 2.38. The molecule has 2 rings (SSSR count). The van der Waals surface area contributed by atoms with Crippen molar-refractivity contribution < 1.29 is 14.3 Å². The van der Waals surface area contributed by atoms with Crippen molar-refractivity contribution in [1.82, 2.24) is 4.90 Å².